The van der Waals surface area contributed by atoms with Gasteiger partial charge < -0.3 is 5.32 Å². The maximum absolute atomic E-state index is 13.3. The molecule has 2 rings (SSSR count). The fraction of sp³-hybridized carbons (Fsp3) is 0.611. The second-order valence-corrected chi connectivity index (χ2v) is 7.27. The lowest BCUT2D eigenvalue weighted by Crippen LogP contribution is -2.28. The van der Waals surface area contributed by atoms with E-state index in [9.17, 15) is 4.39 Å². The van der Waals surface area contributed by atoms with E-state index in [-0.39, 0.29) is 5.56 Å². The predicted octanol–water partition coefficient (Wildman–Crippen LogP) is 4.96. The normalized spacial score (nSPS) is 22.6. The first-order valence-electron chi connectivity index (χ1n) is 7.83. The molecule has 1 aliphatic carbocycles. The summed E-state index contributed by atoms with van der Waals surface area (Å²) in [6, 6.07) is 6.54. The molecular formula is C18H25FN2. The average Bonchev–Trinajstić information content (AvgIpc) is 2.46. The van der Waals surface area contributed by atoms with E-state index in [1.165, 1.54) is 31.7 Å². The molecule has 0 heterocycles. The van der Waals surface area contributed by atoms with Gasteiger partial charge in [0.2, 0.25) is 0 Å². The first-order chi connectivity index (χ1) is 9.90. The van der Waals surface area contributed by atoms with Crippen LogP contribution in [0.4, 0.5) is 10.1 Å². The standard InChI is InChI=1S/C18H25FN2/c1-18(2,3)15-6-4-13(5-7-15)12-21-16-8-9-17(19)14(10-16)11-20/h8-10,13,15,21H,4-7,12H2,1-3H3. The predicted molar refractivity (Wildman–Crippen MR) is 84.5 cm³/mol. The maximum atomic E-state index is 13.3. The van der Waals surface area contributed by atoms with Crippen molar-refractivity contribution in [2.24, 2.45) is 17.3 Å². The van der Waals surface area contributed by atoms with Gasteiger partial charge in [-0.1, -0.05) is 20.8 Å². The average molecular weight is 288 g/mol. The first kappa shape index (κ1) is 15.8. The Bertz CT molecular complexity index is 517. The van der Waals surface area contributed by atoms with E-state index in [1.807, 2.05) is 6.07 Å². The van der Waals surface area contributed by atoms with Gasteiger partial charge in [-0.05, 0) is 61.1 Å². The minimum atomic E-state index is -0.450. The van der Waals surface area contributed by atoms with Crippen LogP contribution >= 0.6 is 0 Å². The van der Waals surface area contributed by atoms with Crippen LogP contribution in [-0.4, -0.2) is 6.54 Å². The van der Waals surface area contributed by atoms with Crippen molar-refractivity contribution in [2.75, 3.05) is 11.9 Å². The number of nitrogens with zero attached hydrogens (tertiary/aromatic N) is 1. The Morgan fingerprint density at radius 1 is 1.24 bits per heavy atom. The summed E-state index contributed by atoms with van der Waals surface area (Å²) in [6.07, 6.45) is 5.09. The van der Waals surface area contributed by atoms with Crippen LogP contribution in [0.25, 0.3) is 0 Å². The van der Waals surface area contributed by atoms with Crippen LogP contribution < -0.4 is 5.32 Å². The molecule has 0 bridgehead atoms. The van der Waals surface area contributed by atoms with Gasteiger partial charge in [0.25, 0.3) is 0 Å². The number of rotatable bonds is 3. The minimum Gasteiger partial charge on any atom is -0.385 e. The molecule has 0 spiro atoms. The van der Waals surface area contributed by atoms with Crippen molar-refractivity contribution in [3.05, 3.63) is 29.6 Å². The molecule has 1 N–H and O–H groups in total. The fourth-order valence-electron chi connectivity index (χ4n) is 3.22. The van der Waals surface area contributed by atoms with Crippen molar-refractivity contribution in [3.63, 3.8) is 0 Å². The molecule has 114 valence electrons. The monoisotopic (exact) mass is 288 g/mol. The van der Waals surface area contributed by atoms with Crippen LogP contribution in [0.2, 0.25) is 0 Å². The number of hydrogen-bond donors (Lipinski definition) is 1. The lowest BCUT2D eigenvalue weighted by Gasteiger charge is -2.37. The van der Waals surface area contributed by atoms with Gasteiger partial charge in [0.15, 0.2) is 0 Å². The third kappa shape index (κ3) is 4.20. The Morgan fingerprint density at radius 3 is 2.48 bits per heavy atom. The Kier molecular flexibility index (Phi) is 4.88. The SMILES string of the molecule is CC(C)(C)C1CCC(CNc2ccc(F)c(C#N)c2)CC1. The maximum Gasteiger partial charge on any atom is 0.141 e. The highest BCUT2D eigenvalue weighted by atomic mass is 19.1. The van der Waals surface area contributed by atoms with Crippen molar-refractivity contribution in [2.45, 2.75) is 46.5 Å². The first-order valence-corrected chi connectivity index (χ1v) is 7.83. The number of hydrogen-bond acceptors (Lipinski definition) is 2. The summed E-state index contributed by atoms with van der Waals surface area (Å²) in [5, 5.41) is 12.2. The number of nitriles is 1. The Hall–Kier alpha value is -1.56. The molecule has 1 aromatic carbocycles. The fourth-order valence-corrected chi connectivity index (χ4v) is 3.22. The summed E-state index contributed by atoms with van der Waals surface area (Å²) in [5.41, 5.74) is 1.36. The van der Waals surface area contributed by atoms with Gasteiger partial charge in [-0.3, -0.25) is 0 Å². The lowest BCUT2D eigenvalue weighted by atomic mass is 9.70. The quantitative estimate of drug-likeness (QED) is 0.853. The molecule has 1 fully saturated rings. The van der Waals surface area contributed by atoms with Gasteiger partial charge in [0.1, 0.15) is 11.9 Å². The number of halogens is 1. The molecule has 0 aliphatic heterocycles. The summed E-state index contributed by atoms with van der Waals surface area (Å²) in [6.45, 7) is 7.90. The second kappa shape index (κ2) is 6.47. The Labute approximate surface area is 127 Å². The zero-order chi connectivity index (χ0) is 15.5. The van der Waals surface area contributed by atoms with Gasteiger partial charge in [0.05, 0.1) is 5.56 Å². The van der Waals surface area contributed by atoms with Gasteiger partial charge in [0, 0.05) is 12.2 Å². The number of benzene rings is 1. The van der Waals surface area contributed by atoms with E-state index < -0.39 is 5.82 Å². The van der Waals surface area contributed by atoms with E-state index >= 15 is 0 Å². The zero-order valence-corrected chi connectivity index (χ0v) is 13.2. The van der Waals surface area contributed by atoms with Crippen LogP contribution in [0, 0.1) is 34.4 Å². The Balaban J connectivity index is 1.84. The highest BCUT2D eigenvalue weighted by molar-refractivity contribution is 5.49. The van der Waals surface area contributed by atoms with E-state index in [1.54, 1.807) is 12.1 Å². The highest BCUT2D eigenvalue weighted by Crippen LogP contribution is 2.39. The summed E-state index contributed by atoms with van der Waals surface area (Å²) < 4.78 is 13.3. The number of nitrogens with one attached hydrogen (secondary N) is 1. The van der Waals surface area contributed by atoms with E-state index in [4.69, 9.17) is 5.26 Å². The smallest absolute Gasteiger partial charge is 0.141 e. The molecule has 1 aliphatic rings. The number of anilines is 1. The van der Waals surface area contributed by atoms with E-state index in [2.05, 4.69) is 26.1 Å². The van der Waals surface area contributed by atoms with Gasteiger partial charge >= 0.3 is 0 Å². The molecule has 1 aromatic rings. The molecular weight excluding hydrogens is 263 g/mol. The molecule has 0 amide bonds. The molecule has 2 nitrogen and oxygen atoms in total. The van der Waals surface area contributed by atoms with Crippen molar-refractivity contribution in [1.82, 2.24) is 0 Å². The van der Waals surface area contributed by atoms with Crippen LogP contribution in [0.3, 0.4) is 0 Å². The van der Waals surface area contributed by atoms with Crippen LogP contribution in [0.1, 0.15) is 52.0 Å². The largest absolute Gasteiger partial charge is 0.385 e. The molecule has 0 radical (unpaired) electrons. The van der Waals surface area contributed by atoms with Gasteiger partial charge in [-0.15, -0.1) is 0 Å². The highest BCUT2D eigenvalue weighted by Gasteiger charge is 2.29. The topological polar surface area (TPSA) is 35.8 Å². The summed E-state index contributed by atoms with van der Waals surface area (Å²) in [4.78, 5) is 0. The zero-order valence-electron chi connectivity index (χ0n) is 13.2. The van der Waals surface area contributed by atoms with Gasteiger partial charge in [-0.25, -0.2) is 4.39 Å². The van der Waals surface area contributed by atoms with E-state index in [0.717, 1.165) is 18.2 Å². The molecule has 1 saturated carbocycles. The minimum absolute atomic E-state index is 0.108. The summed E-state index contributed by atoms with van der Waals surface area (Å²) >= 11 is 0. The molecule has 0 unspecified atom stereocenters. The van der Waals surface area contributed by atoms with Crippen molar-refractivity contribution in [3.8, 4) is 6.07 Å². The molecule has 21 heavy (non-hydrogen) atoms. The molecule has 0 aromatic heterocycles. The van der Waals surface area contributed by atoms with Crippen molar-refractivity contribution in [1.29, 1.82) is 5.26 Å². The molecule has 0 saturated heterocycles. The van der Waals surface area contributed by atoms with Crippen LogP contribution in [-0.2, 0) is 0 Å². The van der Waals surface area contributed by atoms with E-state index in [0.29, 0.717) is 11.3 Å². The van der Waals surface area contributed by atoms with Crippen molar-refractivity contribution >= 4 is 5.69 Å². The molecule has 3 heteroatoms. The summed E-state index contributed by atoms with van der Waals surface area (Å²) in [7, 11) is 0. The third-order valence-corrected chi connectivity index (χ3v) is 4.75. The Morgan fingerprint density at radius 2 is 1.90 bits per heavy atom. The van der Waals surface area contributed by atoms with Gasteiger partial charge in [-0.2, -0.15) is 5.26 Å². The second-order valence-electron chi connectivity index (χ2n) is 7.27. The van der Waals surface area contributed by atoms with Crippen LogP contribution in [0.15, 0.2) is 18.2 Å². The summed E-state index contributed by atoms with van der Waals surface area (Å²) in [5.74, 6) is 1.05. The van der Waals surface area contributed by atoms with Crippen molar-refractivity contribution < 1.29 is 4.39 Å². The van der Waals surface area contributed by atoms with Crippen LogP contribution in [0.5, 0.6) is 0 Å². The molecule has 0 atom stereocenters. The lowest BCUT2D eigenvalue weighted by molar-refractivity contribution is 0.153. The third-order valence-electron chi connectivity index (χ3n) is 4.75.